The predicted molar refractivity (Wildman–Crippen MR) is 82.8 cm³/mol. The molecule has 0 amide bonds. The Morgan fingerprint density at radius 1 is 1.27 bits per heavy atom. The molecule has 0 saturated heterocycles. The summed E-state index contributed by atoms with van der Waals surface area (Å²) < 4.78 is 1.91. The van der Waals surface area contributed by atoms with Crippen LogP contribution in [-0.4, -0.2) is 11.2 Å². The highest BCUT2D eigenvalue weighted by atomic mass is 35.5. The highest BCUT2D eigenvalue weighted by molar-refractivity contribution is 6.45. The first-order chi connectivity index (χ1) is 10.0. The maximum Gasteiger partial charge on any atom is 0.169 e. The summed E-state index contributed by atoms with van der Waals surface area (Å²) in [5, 5.41) is 13.0. The van der Waals surface area contributed by atoms with E-state index in [0.717, 1.165) is 5.56 Å². The lowest BCUT2D eigenvalue weighted by Gasteiger charge is -2.06. The molecular formula is C13H9Cl4N5. The molecule has 0 fully saturated rings. The zero-order valence-electron chi connectivity index (χ0n) is 11.2. The van der Waals surface area contributed by atoms with Gasteiger partial charge in [-0.15, -0.1) is 0 Å². The third-order valence-electron chi connectivity index (χ3n) is 2.54. The third-order valence-corrected chi connectivity index (χ3v) is 3.65. The molecule has 2 rings (SSSR count). The van der Waals surface area contributed by atoms with Gasteiger partial charge in [-0.05, 0) is 0 Å². The SMILES string of the molecule is C[n+]1ccc(/C=N/Nc2nc(Cl)c(C#N)c(Cl)c2Cl)cc1.[Cl-]. The number of anilines is 1. The monoisotopic (exact) mass is 375 g/mol. The quantitative estimate of drug-likeness (QED) is 0.360. The van der Waals surface area contributed by atoms with E-state index in [1.807, 2.05) is 42.2 Å². The summed E-state index contributed by atoms with van der Waals surface area (Å²) >= 11 is 17.8. The number of halogens is 4. The molecule has 0 aliphatic heterocycles. The van der Waals surface area contributed by atoms with Crippen molar-refractivity contribution >= 4 is 46.8 Å². The maximum absolute atomic E-state index is 8.89. The number of rotatable bonds is 3. The Kier molecular flexibility index (Phi) is 6.85. The van der Waals surface area contributed by atoms with Crippen molar-refractivity contribution in [3.05, 3.63) is 50.9 Å². The molecule has 0 radical (unpaired) electrons. The Morgan fingerprint density at radius 3 is 2.50 bits per heavy atom. The zero-order chi connectivity index (χ0) is 15.4. The minimum Gasteiger partial charge on any atom is -1.00 e. The summed E-state index contributed by atoms with van der Waals surface area (Å²) in [6, 6.07) is 5.62. The van der Waals surface area contributed by atoms with E-state index in [0.29, 0.717) is 0 Å². The fourth-order valence-electron chi connectivity index (χ4n) is 1.44. The molecule has 0 saturated carbocycles. The van der Waals surface area contributed by atoms with Gasteiger partial charge in [0.15, 0.2) is 23.4 Å². The first-order valence-corrected chi connectivity index (χ1v) is 6.85. The fraction of sp³-hybridized carbons (Fsp3) is 0.0769. The van der Waals surface area contributed by atoms with Crippen molar-refractivity contribution < 1.29 is 17.0 Å². The van der Waals surface area contributed by atoms with Crippen LogP contribution in [-0.2, 0) is 7.05 Å². The molecule has 5 nitrogen and oxygen atoms in total. The highest BCUT2D eigenvalue weighted by Gasteiger charge is 2.15. The van der Waals surface area contributed by atoms with Gasteiger partial charge in [0.2, 0.25) is 0 Å². The second-order valence-corrected chi connectivity index (χ2v) is 5.15. The molecule has 0 aliphatic carbocycles. The lowest BCUT2D eigenvalue weighted by Crippen LogP contribution is -3.00. The van der Waals surface area contributed by atoms with E-state index in [-0.39, 0.29) is 39.0 Å². The smallest absolute Gasteiger partial charge is 0.169 e. The summed E-state index contributed by atoms with van der Waals surface area (Å²) in [6.07, 6.45) is 5.38. The van der Waals surface area contributed by atoms with Crippen LogP contribution in [0.2, 0.25) is 15.2 Å². The second kappa shape index (κ2) is 8.16. The summed E-state index contributed by atoms with van der Waals surface area (Å²) in [4.78, 5) is 3.95. The van der Waals surface area contributed by atoms with Crippen LogP contribution in [0.15, 0.2) is 29.6 Å². The first-order valence-electron chi connectivity index (χ1n) is 5.72. The summed E-state index contributed by atoms with van der Waals surface area (Å²) in [7, 11) is 1.92. The van der Waals surface area contributed by atoms with Crippen molar-refractivity contribution in [2.45, 2.75) is 0 Å². The van der Waals surface area contributed by atoms with Gasteiger partial charge in [-0.25, -0.2) is 9.55 Å². The predicted octanol–water partition coefficient (Wildman–Crippen LogP) is 0.188. The molecule has 0 aliphatic rings. The topological polar surface area (TPSA) is 64.9 Å². The van der Waals surface area contributed by atoms with Crippen LogP contribution in [0.5, 0.6) is 0 Å². The van der Waals surface area contributed by atoms with Crippen molar-refractivity contribution in [1.82, 2.24) is 4.98 Å². The highest BCUT2D eigenvalue weighted by Crippen LogP contribution is 2.34. The molecule has 2 aromatic rings. The number of hydrazone groups is 1. The van der Waals surface area contributed by atoms with Gasteiger partial charge in [0.1, 0.15) is 23.7 Å². The number of nitrogens with one attached hydrogen (secondary N) is 1. The number of hydrogen-bond acceptors (Lipinski definition) is 4. The minimum atomic E-state index is -0.0312. The lowest BCUT2D eigenvalue weighted by molar-refractivity contribution is -0.671. The Balaban J connectivity index is 0.00000242. The minimum absolute atomic E-state index is 0. The van der Waals surface area contributed by atoms with Gasteiger partial charge in [0.05, 0.1) is 11.2 Å². The summed E-state index contributed by atoms with van der Waals surface area (Å²) in [5.41, 5.74) is 3.58. The third kappa shape index (κ3) is 4.21. The van der Waals surface area contributed by atoms with Crippen LogP contribution in [0.4, 0.5) is 5.82 Å². The van der Waals surface area contributed by atoms with Gasteiger partial charge in [0.25, 0.3) is 0 Å². The van der Waals surface area contributed by atoms with Gasteiger partial charge in [-0.2, -0.15) is 10.4 Å². The molecule has 0 unspecified atom stereocenters. The van der Waals surface area contributed by atoms with E-state index in [1.54, 1.807) is 6.21 Å². The van der Waals surface area contributed by atoms with Crippen molar-refractivity contribution in [2.75, 3.05) is 5.43 Å². The molecular weight excluding hydrogens is 368 g/mol. The van der Waals surface area contributed by atoms with E-state index in [9.17, 15) is 0 Å². The number of nitrogens with zero attached hydrogens (tertiary/aromatic N) is 4. The van der Waals surface area contributed by atoms with E-state index < -0.39 is 0 Å². The number of pyridine rings is 2. The number of aryl methyl sites for hydroxylation is 1. The zero-order valence-corrected chi connectivity index (χ0v) is 14.2. The van der Waals surface area contributed by atoms with Gasteiger partial charge in [0, 0.05) is 17.7 Å². The summed E-state index contributed by atoms with van der Waals surface area (Å²) in [6.45, 7) is 0. The lowest BCUT2D eigenvalue weighted by atomic mass is 10.3. The van der Waals surface area contributed by atoms with E-state index in [4.69, 9.17) is 40.1 Å². The second-order valence-electron chi connectivity index (χ2n) is 4.03. The van der Waals surface area contributed by atoms with Gasteiger partial charge in [-0.3, -0.25) is 5.43 Å². The first kappa shape index (κ1) is 18.5. The standard InChI is InChI=1S/C13H8Cl3N5.ClH/c1-21-4-2-8(3-5-21)7-18-20-13-11(15)10(14)9(6-17)12(16)19-13;/h2-5,7H,1H3;1H. The molecule has 22 heavy (non-hydrogen) atoms. The van der Waals surface area contributed by atoms with Gasteiger partial charge >= 0.3 is 0 Å². The molecule has 2 aromatic heterocycles. The molecule has 114 valence electrons. The Bertz CT molecular complexity index is 738. The van der Waals surface area contributed by atoms with Crippen LogP contribution >= 0.6 is 34.8 Å². The van der Waals surface area contributed by atoms with Crippen LogP contribution in [0.25, 0.3) is 0 Å². The van der Waals surface area contributed by atoms with Crippen molar-refractivity contribution in [3.63, 3.8) is 0 Å². The molecule has 0 spiro atoms. The largest absolute Gasteiger partial charge is 1.00 e. The van der Waals surface area contributed by atoms with Crippen LogP contribution in [0, 0.1) is 11.3 Å². The Morgan fingerprint density at radius 2 is 1.91 bits per heavy atom. The van der Waals surface area contributed by atoms with Crippen molar-refractivity contribution in [1.29, 1.82) is 5.26 Å². The number of aromatic nitrogens is 2. The van der Waals surface area contributed by atoms with Crippen molar-refractivity contribution in [2.24, 2.45) is 12.1 Å². The van der Waals surface area contributed by atoms with Gasteiger partial charge < -0.3 is 12.4 Å². The molecule has 2 heterocycles. The summed E-state index contributed by atoms with van der Waals surface area (Å²) in [5.74, 6) is 0.184. The fourth-order valence-corrected chi connectivity index (χ4v) is 2.11. The van der Waals surface area contributed by atoms with Crippen LogP contribution in [0.3, 0.4) is 0 Å². The Hall–Kier alpha value is -1.58. The molecule has 1 N–H and O–H groups in total. The Labute approximate surface area is 148 Å². The van der Waals surface area contributed by atoms with Gasteiger partial charge in [-0.1, -0.05) is 34.8 Å². The van der Waals surface area contributed by atoms with E-state index in [1.165, 1.54) is 0 Å². The average molecular weight is 377 g/mol. The molecule has 0 bridgehead atoms. The average Bonchev–Trinajstić information content (AvgIpc) is 2.47. The molecule has 0 aromatic carbocycles. The van der Waals surface area contributed by atoms with Crippen LogP contribution in [0.1, 0.15) is 11.1 Å². The van der Waals surface area contributed by atoms with Crippen LogP contribution < -0.4 is 22.4 Å². The maximum atomic E-state index is 8.89. The van der Waals surface area contributed by atoms with Crippen molar-refractivity contribution in [3.8, 4) is 6.07 Å². The number of hydrogen-bond donors (Lipinski definition) is 1. The molecule has 0 atom stereocenters. The number of nitriles is 1. The normalized spacial score (nSPS) is 10.1. The van der Waals surface area contributed by atoms with E-state index in [2.05, 4.69) is 15.5 Å². The molecule has 9 heteroatoms. The van der Waals surface area contributed by atoms with E-state index >= 15 is 0 Å².